The molecule has 0 bridgehead atoms. The van der Waals surface area contributed by atoms with Crippen LogP contribution in [-0.2, 0) is 4.79 Å². The molecule has 1 N–H and O–H groups in total. The van der Waals surface area contributed by atoms with Gasteiger partial charge >= 0.3 is 0 Å². The van der Waals surface area contributed by atoms with Crippen molar-refractivity contribution in [1.29, 1.82) is 0 Å². The van der Waals surface area contributed by atoms with Crippen LogP contribution in [-0.4, -0.2) is 48.5 Å². The molecule has 0 saturated carbocycles. The molecule has 1 aliphatic heterocycles. The topological polar surface area (TPSA) is 78.7 Å². The number of nitrogens with one attached hydrogen (secondary N) is 1. The lowest BCUT2D eigenvalue weighted by molar-refractivity contribution is -0.383. The zero-order chi connectivity index (χ0) is 16.1. The number of nitro benzene ring substituents is 1. The number of carbonyl (C=O) groups excluding carboxylic acids is 1. The largest absolute Gasteiger partial charge is 0.369 e. The second-order valence-corrected chi connectivity index (χ2v) is 5.07. The van der Waals surface area contributed by atoms with Crippen molar-refractivity contribution >= 4 is 23.0 Å². The molecule has 1 fully saturated rings. The predicted molar refractivity (Wildman–Crippen MR) is 86.3 cm³/mol. The maximum absolute atomic E-state index is 11.5. The quantitative estimate of drug-likeness (QED) is 0.510. The van der Waals surface area contributed by atoms with Crippen molar-refractivity contribution in [3.63, 3.8) is 0 Å². The number of carbonyl (C=O) groups is 1. The van der Waals surface area contributed by atoms with E-state index in [-0.39, 0.29) is 11.4 Å². The lowest BCUT2D eigenvalue weighted by Gasteiger charge is -2.35. The first kappa shape index (κ1) is 16.0. The van der Waals surface area contributed by atoms with Crippen molar-refractivity contribution in [3.8, 4) is 0 Å². The maximum Gasteiger partial charge on any atom is 0.292 e. The van der Waals surface area contributed by atoms with Gasteiger partial charge in [0.2, 0.25) is 5.91 Å². The van der Waals surface area contributed by atoms with Crippen LogP contribution < -0.4 is 10.2 Å². The number of anilines is 2. The van der Waals surface area contributed by atoms with Gasteiger partial charge in [0.05, 0.1) is 4.92 Å². The van der Waals surface area contributed by atoms with E-state index in [4.69, 9.17) is 0 Å². The molecule has 118 valence electrons. The summed E-state index contributed by atoms with van der Waals surface area (Å²) in [5.41, 5.74) is 0.956. The third-order valence-corrected chi connectivity index (χ3v) is 3.80. The summed E-state index contributed by atoms with van der Waals surface area (Å²) in [6, 6.07) is 4.81. The summed E-state index contributed by atoms with van der Waals surface area (Å²) in [4.78, 5) is 26.5. The molecule has 7 heteroatoms. The molecule has 1 aromatic carbocycles. The van der Waals surface area contributed by atoms with Gasteiger partial charge in [0.25, 0.3) is 5.69 Å². The van der Waals surface area contributed by atoms with Crippen molar-refractivity contribution in [2.75, 3.05) is 42.9 Å². The number of nitrogens with zero attached hydrogens (tertiary/aromatic N) is 3. The van der Waals surface area contributed by atoms with Crippen LogP contribution in [0.4, 0.5) is 17.1 Å². The van der Waals surface area contributed by atoms with Gasteiger partial charge in [0.1, 0.15) is 5.69 Å². The van der Waals surface area contributed by atoms with Crippen molar-refractivity contribution in [2.24, 2.45) is 0 Å². The predicted octanol–water partition coefficient (Wildman–Crippen LogP) is 1.86. The molecule has 0 radical (unpaired) electrons. The van der Waals surface area contributed by atoms with Gasteiger partial charge in [-0.05, 0) is 24.8 Å². The van der Waals surface area contributed by atoms with Gasteiger partial charge in [-0.1, -0.05) is 13.5 Å². The monoisotopic (exact) mass is 304 g/mol. The van der Waals surface area contributed by atoms with Crippen LogP contribution in [0.1, 0.15) is 6.92 Å². The van der Waals surface area contributed by atoms with E-state index in [9.17, 15) is 14.9 Å². The molecule has 1 amide bonds. The maximum atomic E-state index is 11.5. The Labute approximate surface area is 129 Å². The Morgan fingerprint density at radius 1 is 1.41 bits per heavy atom. The molecule has 1 aliphatic rings. The molecule has 0 spiro atoms. The highest BCUT2D eigenvalue weighted by Crippen LogP contribution is 2.30. The van der Waals surface area contributed by atoms with Gasteiger partial charge < -0.3 is 15.1 Å². The molecule has 7 nitrogen and oxygen atoms in total. The fourth-order valence-corrected chi connectivity index (χ4v) is 2.49. The van der Waals surface area contributed by atoms with Crippen LogP contribution in [0.2, 0.25) is 0 Å². The molecule has 22 heavy (non-hydrogen) atoms. The fraction of sp³-hybridized carbons (Fsp3) is 0.400. The molecule has 0 aliphatic carbocycles. The molecular weight excluding hydrogens is 284 g/mol. The molecule has 2 rings (SSSR count). The molecule has 0 aromatic heterocycles. The van der Waals surface area contributed by atoms with E-state index >= 15 is 0 Å². The third kappa shape index (κ3) is 3.62. The molecule has 1 heterocycles. The molecular formula is C15H20N4O3. The first-order valence-electron chi connectivity index (χ1n) is 7.24. The standard InChI is InChI=1S/C15H20N4O3/c1-3-15(20)16-13-11-12(5-6-14(13)19(21)22)18-9-7-17(4-2)8-10-18/h3,5-6,11H,1,4,7-10H2,2H3,(H,16,20). The van der Waals surface area contributed by atoms with E-state index < -0.39 is 10.8 Å². The van der Waals surface area contributed by atoms with Crippen LogP contribution >= 0.6 is 0 Å². The van der Waals surface area contributed by atoms with E-state index in [1.807, 2.05) is 0 Å². The Hall–Kier alpha value is -2.41. The first-order chi connectivity index (χ1) is 10.5. The highest BCUT2D eigenvalue weighted by molar-refractivity contribution is 6.00. The van der Waals surface area contributed by atoms with Crippen molar-refractivity contribution < 1.29 is 9.72 Å². The van der Waals surface area contributed by atoms with Crippen LogP contribution in [0, 0.1) is 10.1 Å². The highest BCUT2D eigenvalue weighted by atomic mass is 16.6. The number of hydrogen-bond acceptors (Lipinski definition) is 5. The lowest BCUT2D eigenvalue weighted by atomic mass is 10.2. The Morgan fingerprint density at radius 2 is 2.09 bits per heavy atom. The minimum Gasteiger partial charge on any atom is -0.369 e. The Morgan fingerprint density at radius 3 is 2.64 bits per heavy atom. The lowest BCUT2D eigenvalue weighted by Crippen LogP contribution is -2.46. The van der Waals surface area contributed by atoms with Gasteiger partial charge in [-0.25, -0.2) is 0 Å². The number of amides is 1. The van der Waals surface area contributed by atoms with Crippen LogP contribution in [0.15, 0.2) is 30.9 Å². The third-order valence-electron chi connectivity index (χ3n) is 3.80. The summed E-state index contributed by atoms with van der Waals surface area (Å²) in [6.07, 6.45) is 1.09. The zero-order valence-electron chi connectivity index (χ0n) is 12.6. The summed E-state index contributed by atoms with van der Waals surface area (Å²) >= 11 is 0. The number of benzene rings is 1. The zero-order valence-corrected chi connectivity index (χ0v) is 12.6. The van der Waals surface area contributed by atoms with Crippen molar-refractivity contribution in [1.82, 2.24) is 4.90 Å². The first-order valence-corrected chi connectivity index (χ1v) is 7.24. The normalized spacial score (nSPS) is 15.4. The van der Waals surface area contributed by atoms with Gasteiger partial charge in [-0.15, -0.1) is 0 Å². The van der Waals surface area contributed by atoms with Gasteiger partial charge in [0.15, 0.2) is 0 Å². The summed E-state index contributed by atoms with van der Waals surface area (Å²) in [6.45, 7) is 10.2. The van der Waals surface area contributed by atoms with E-state index in [1.54, 1.807) is 12.1 Å². The van der Waals surface area contributed by atoms with E-state index in [2.05, 4.69) is 28.6 Å². The number of piperazine rings is 1. The summed E-state index contributed by atoms with van der Waals surface area (Å²) in [7, 11) is 0. The summed E-state index contributed by atoms with van der Waals surface area (Å²) in [5.74, 6) is -0.462. The van der Waals surface area contributed by atoms with Gasteiger partial charge in [-0.3, -0.25) is 14.9 Å². The SMILES string of the molecule is C=CC(=O)Nc1cc(N2CCN(CC)CC2)ccc1[N+](=O)[O-]. The molecule has 0 unspecified atom stereocenters. The van der Waals surface area contributed by atoms with E-state index in [0.29, 0.717) is 0 Å². The Balaban J connectivity index is 2.22. The van der Waals surface area contributed by atoms with Crippen LogP contribution in [0.5, 0.6) is 0 Å². The molecule has 0 atom stereocenters. The number of nitro groups is 1. The minimum atomic E-state index is -0.502. The smallest absolute Gasteiger partial charge is 0.292 e. The number of rotatable bonds is 5. The second kappa shape index (κ2) is 7.04. The number of hydrogen-bond donors (Lipinski definition) is 1. The second-order valence-electron chi connectivity index (χ2n) is 5.07. The molecule has 1 saturated heterocycles. The van der Waals surface area contributed by atoms with Crippen LogP contribution in [0.25, 0.3) is 0 Å². The highest BCUT2D eigenvalue weighted by Gasteiger charge is 2.20. The Kier molecular flexibility index (Phi) is 5.11. The average Bonchev–Trinajstić information content (AvgIpc) is 2.54. The van der Waals surface area contributed by atoms with Crippen molar-refractivity contribution in [3.05, 3.63) is 41.0 Å². The minimum absolute atomic E-state index is 0.119. The van der Waals surface area contributed by atoms with E-state index in [0.717, 1.165) is 44.5 Å². The molecule has 1 aromatic rings. The Bertz CT molecular complexity index is 580. The van der Waals surface area contributed by atoms with Crippen LogP contribution in [0.3, 0.4) is 0 Å². The summed E-state index contributed by atoms with van der Waals surface area (Å²) < 4.78 is 0. The van der Waals surface area contributed by atoms with Gasteiger partial charge in [-0.2, -0.15) is 0 Å². The summed E-state index contributed by atoms with van der Waals surface area (Å²) in [5, 5.41) is 13.6. The number of likely N-dealkylation sites (N-methyl/N-ethyl adjacent to an activating group) is 1. The fourth-order valence-electron chi connectivity index (χ4n) is 2.49. The van der Waals surface area contributed by atoms with Crippen molar-refractivity contribution in [2.45, 2.75) is 6.92 Å². The van der Waals surface area contributed by atoms with Gasteiger partial charge in [0, 0.05) is 37.9 Å². The van der Waals surface area contributed by atoms with E-state index in [1.165, 1.54) is 6.07 Å². The average molecular weight is 304 g/mol.